The number of methoxy groups -OCH3 is 6. The van der Waals surface area contributed by atoms with E-state index in [1.54, 1.807) is 24.3 Å². The zero-order valence-corrected chi connectivity index (χ0v) is 23.7. The number of thioether (sulfide) groups is 1. The van der Waals surface area contributed by atoms with Crippen molar-refractivity contribution < 1.29 is 38.0 Å². The Morgan fingerprint density at radius 3 is 1.26 bits per heavy atom. The number of amides is 2. The molecule has 39 heavy (non-hydrogen) atoms. The molecule has 2 N–H and O–H groups in total. The zero-order chi connectivity index (χ0) is 28.6. The maximum Gasteiger partial charge on any atom is 0.240 e. The summed E-state index contributed by atoms with van der Waals surface area (Å²) in [7, 11) is 9.12. The number of carbonyl (C=O) groups excluding carboxylic acids is 2. The van der Waals surface area contributed by atoms with Crippen LogP contribution in [0.1, 0.15) is 24.0 Å². The second-order valence-electron chi connectivity index (χ2n) is 7.62. The second kappa shape index (κ2) is 16.7. The molecule has 0 atom stereocenters. The van der Waals surface area contributed by atoms with Gasteiger partial charge in [-0.05, 0) is 24.3 Å². The van der Waals surface area contributed by atoms with Crippen LogP contribution in [-0.4, -0.2) is 78.4 Å². The van der Waals surface area contributed by atoms with Crippen LogP contribution in [0.4, 0.5) is 0 Å². The summed E-state index contributed by atoms with van der Waals surface area (Å²) in [5, 5.41) is 7.95. The van der Waals surface area contributed by atoms with Crippen LogP contribution < -0.4 is 39.3 Å². The van der Waals surface area contributed by atoms with Gasteiger partial charge in [-0.15, -0.1) is 0 Å². The van der Waals surface area contributed by atoms with E-state index in [0.29, 0.717) is 57.1 Å². The molecule has 0 fully saturated rings. The fraction of sp³-hybridized carbons (Fsp3) is 0.385. The van der Waals surface area contributed by atoms with E-state index in [9.17, 15) is 9.59 Å². The van der Waals surface area contributed by atoms with Gasteiger partial charge in [0.25, 0.3) is 0 Å². The molecule has 0 aromatic heterocycles. The van der Waals surface area contributed by atoms with E-state index in [1.165, 1.54) is 66.8 Å². The van der Waals surface area contributed by atoms with Crippen molar-refractivity contribution in [3.8, 4) is 34.5 Å². The van der Waals surface area contributed by atoms with Gasteiger partial charge in [0.1, 0.15) is 0 Å². The van der Waals surface area contributed by atoms with Crippen molar-refractivity contribution in [1.29, 1.82) is 0 Å². The molecule has 0 aliphatic carbocycles. The number of hydrogen-bond acceptors (Lipinski definition) is 11. The number of nitrogens with zero attached hydrogens (tertiary/aromatic N) is 2. The minimum absolute atomic E-state index is 0.245. The summed E-state index contributed by atoms with van der Waals surface area (Å²) in [6, 6.07) is 6.86. The summed E-state index contributed by atoms with van der Waals surface area (Å²) < 4.78 is 31.8. The quantitative estimate of drug-likeness (QED) is 0.180. The summed E-state index contributed by atoms with van der Waals surface area (Å²) in [6.07, 6.45) is 3.47. The third-order valence-corrected chi connectivity index (χ3v) is 6.11. The highest BCUT2D eigenvalue weighted by atomic mass is 32.2. The van der Waals surface area contributed by atoms with Gasteiger partial charge in [0, 0.05) is 35.5 Å². The van der Waals surface area contributed by atoms with Crippen LogP contribution in [0.25, 0.3) is 0 Å². The van der Waals surface area contributed by atoms with E-state index < -0.39 is 0 Å². The van der Waals surface area contributed by atoms with Crippen LogP contribution >= 0.6 is 11.8 Å². The lowest BCUT2D eigenvalue weighted by molar-refractivity contribution is -0.121. The van der Waals surface area contributed by atoms with Gasteiger partial charge >= 0.3 is 0 Å². The number of hydrazone groups is 2. The van der Waals surface area contributed by atoms with Gasteiger partial charge in [-0.2, -0.15) is 22.0 Å². The van der Waals surface area contributed by atoms with E-state index in [0.717, 1.165) is 0 Å². The molecule has 13 heteroatoms. The Morgan fingerprint density at radius 1 is 0.641 bits per heavy atom. The Bertz CT molecular complexity index is 1030. The molecule has 0 saturated carbocycles. The molecule has 2 rings (SSSR count). The Labute approximate surface area is 232 Å². The summed E-state index contributed by atoms with van der Waals surface area (Å²) >= 11 is 1.48. The van der Waals surface area contributed by atoms with Gasteiger partial charge in [0.15, 0.2) is 23.0 Å². The van der Waals surface area contributed by atoms with Crippen LogP contribution in [0.5, 0.6) is 34.5 Å². The van der Waals surface area contributed by atoms with Crippen LogP contribution in [0.2, 0.25) is 0 Å². The summed E-state index contributed by atoms with van der Waals surface area (Å²) in [4.78, 5) is 24.1. The third-order valence-electron chi connectivity index (χ3n) is 5.13. The minimum Gasteiger partial charge on any atom is -0.493 e. The maximum atomic E-state index is 12.1. The number of rotatable bonds is 16. The number of hydrogen-bond donors (Lipinski definition) is 2. The monoisotopic (exact) mass is 562 g/mol. The summed E-state index contributed by atoms with van der Waals surface area (Å²) in [6.45, 7) is 0. The second-order valence-corrected chi connectivity index (χ2v) is 8.84. The fourth-order valence-electron chi connectivity index (χ4n) is 3.25. The van der Waals surface area contributed by atoms with Crippen LogP contribution in [0.3, 0.4) is 0 Å². The maximum absolute atomic E-state index is 12.1. The van der Waals surface area contributed by atoms with Gasteiger partial charge in [-0.3, -0.25) is 9.59 Å². The molecular formula is C26H34N4O8S. The van der Waals surface area contributed by atoms with E-state index in [1.807, 2.05) is 0 Å². The van der Waals surface area contributed by atoms with Crippen molar-refractivity contribution in [3.05, 3.63) is 35.4 Å². The highest BCUT2D eigenvalue weighted by Crippen LogP contribution is 2.38. The lowest BCUT2D eigenvalue weighted by Crippen LogP contribution is -2.19. The Kier molecular flexibility index (Phi) is 13.3. The van der Waals surface area contributed by atoms with Crippen LogP contribution in [-0.2, 0) is 9.59 Å². The molecular weight excluding hydrogens is 528 g/mol. The molecule has 212 valence electrons. The van der Waals surface area contributed by atoms with Crippen molar-refractivity contribution in [3.63, 3.8) is 0 Å². The van der Waals surface area contributed by atoms with E-state index >= 15 is 0 Å². The first kappa shape index (κ1) is 31.1. The van der Waals surface area contributed by atoms with Crippen molar-refractivity contribution in [2.45, 2.75) is 12.8 Å². The molecule has 0 spiro atoms. The number of carbonyl (C=O) groups is 2. The molecule has 0 radical (unpaired) electrons. The first-order chi connectivity index (χ1) is 18.9. The Balaban J connectivity index is 1.71. The van der Waals surface area contributed by atoms with E-state index in [2.05, 4.69) is 21.1 Å². The molecule has 2 amide bonds. The minimum atomic E-state index is -0.245. The first-order valence-corrected chi connectivity index (χ1v) is 12.9. The lowest BCUT2D eigenvalue weighted by Gasteiger charge is -2.12. The SMILES string of the molecule is COc1cc(/C=N\NC(=O)CCSCCC(=O)N/N=C\c2cc(OC)c(OC)c(OC)c2)cc(OC)c1OC. The largest absolute Gasteiger partial charge is 0.493 e. The number of ether oxygens (including phenoxy) is 6. The topological polar surface area (TPSA) is 138 Å². The fourth-order valence-corrected chi connectivity index (χ4v) is 4.12. The van der Waals surface area contributed by atoms with Gasteiger partial charge in [0.2, 0.25) is 23.3 Å². The highest BCUT2D eigenvalue weighted by molar-refractivity contribution is 7.99. The Morgan fingerprint density at radius 2 is 0.974 bits per heavy atom. The van der Waals surface area contributed by atoms with Gasteiger partial charge in [-0.1, -0.05) is 0 Å². The normalized spacial score (nSPS) is 10.8. The summed E-state index contributed by atoms with van der Waals surface area (Å²) in [5.74, 6) is 3.45. The highest BCUT2D eigenvalue weighted by Gasteiger charge is 2.13. The van der Waals surface area contributed by atoms with E-state index in [4.69, 9.17) is 28.4 Å². The van der Waals surface area contributed by atoms with Crippen LogP contribution in [0.15, 0.2) is 34.5 Å². The van der Waals surface area contributed by atoms with Crippen LogP contribution in [0, 0.1) is 0 Å². The Hall–Kier alpha value is -4.13. The van der Waals surface area contributed by atoms with Crippen molar-refractivity contribution in [2.24, 2.45) is 10.2 Å². The predicted octanol–water partition coefficient (Wildman–Crippen LogP) is 2.85. The van der Waals surface area contributed by atoms with Gasteiger partial charge < -0.3 is 28.4 Å². The molecule has 2 aromatic carbocycles. The van der Waals surface area contributed by atoms with E-state index in [-0.39, 0.29) is 24.7 Å². The van der Waals surface area contributed by atoms with Gasteiger partial charge in [0.05, 0.1) is 55.1 Å². The van der Waals surface area contributed by atoms with Crippen molar-refractivity contribution in [1.82, 2.24) is 10.9 Å². The third kappa shape index (κ3) is 9.60. The lowest BCUT2D eigenvalue weighted by atomic mass is 10.2. The molecule has 0 aliphatic heterocycles. The summed E-state index contributed by atoms with van der Waals surface area (Å²) in [5.41, 5.74) is 6.29. The number of nitrogens with one attached hydrogen (secondary N) is 2. The molecule has 2 aromatic rings. The average molecular weight is 563 g/mol. The zero-order valence-electron chi connectivity index (χ0n) is 22.9. The smallest absolute Gasteiger partial charge is 0.240 e. The molecule has 0 saturated heterocycles. The van der Waals surface area contributed by atoms with Crippen molar-refractivity contribution in [2.75, 3.05) is 54.2 Å². The average Bonchev–Trinajstić information content (AvgIpc) is 2.95. The van der Waals surface area contributed by atoms with Gasteiger partial charge in [-0.25, -0.2) is 10.9 Å². The molecule has 0 bridgehead atoms. The van der Waals surface area contributed by atoms with Crippen molar-refractivity contribution >= 4 is 36.0 Å². The molecule has 0 unspecified atom stereocenters. The number of benzene rings is 2. The molecule has 0 heterocycles. The molecule has 12 nitrogen and oxygen atoms in total. The molecule has 0 aliphatic rings. The predicted molar refractivity (Wildman–Crippen MR) is 150 cm³/mol. The standard InChI is InChI=1S/C26H34N4O8S/c1-33-19-11-17(12-20(34-2)25(19)37-5)15-27-29-23(31)7-9-39-10-8-24(32)30-28-16-18-13-21(35-3)26(38-6)22(14-18)36-4/h11-16H,7-10H2,1-6H3,(H,29,31)(H,30,32)/b27-15-,28-16-. The first-order valence-electron chi connectivity index (χ1n) is 11.7.